The van der Waals surface area contributed by atoms with Crippen molar-refractivity contribution >= 4 is 0 Å². The molecule has 1 atom stereocenters. The van der Waals surface area contributed by atoms with Gasteiger partial charge >= 0.3 is 0 Å². The van der Waals surface area contributed by atoms with Gasteiger partial charge in [-0.15, -0.1) is 0 Å². The molecule has 98 valence electrons. The summed E-state index contributed by atoms with van der Waals surface area (Å²) in [6.07, 6.45) is 0. The minimum absolute atomic E-state index is 0.309. The summed E-state index contributed by atoms with van der Waals surface area (Å²) >= 11 is 0. The third-order valence-electron chi connectivity index (χ3n) is 2.91. The van der Waals surface area contributed by atoms with Gasteiger partial charge in [-0.05, 0) is 17.7 Å². The second-order valence-electron chi connectivity index (χ2n) is 4.31. The highest BCUT2D eigenvalue weighted by molar-refractivity contribution is 5.30. The summed E-state index contributed by atoms with van der Waals surface area (Å²) in [5.74, 6) is 0.648. The van der Waals surface area contributed by atoms with Crippen LogP contribution < -0.4 is 4.74 Å². The number of rotatable bonds is 5. The number of hydrogen-bond acceptors (Lipinski definition) is 3. The lowest BCUT2D eigenvalue weighted by Crippen LogP contribution is -2.06. The van der Waals surface area contributed by atoms with E-state index in [0.29, 0.717) is 17.9 Å². The van der Waals surface area contributed by atoms with Gasteiger partial charge in [-0.3, -0.25) is 10.1 Å². The Balaban J connectivity index is 2.05. The van der Waals surface area contributed by atoms with E-state index in [0.717, 1.165) is 5.56 Å². The van der Waals surface area contributed by atoms with Crippen molar-refractivity contribution in [1.82, 2.24) is 0 Å². The molecule has 0 radical (unpaired) electrons. The van der Waals surface area contributed by atoms with Crippen LogP contribution in [0.3, 0.4) is 0 Å². The third kappa shape index (κ3) is 3.55. The Morgan fingerprint density at radius 3 is 2.58 bits per heavy atom. The molecule has 0 aliphatic rings. The summed E-state index contributed by atoms with van der Waals surface area (Å²) < 4.78 is 5.64. The number of ether oxygens (including phenoxy) is 1. The van der Waals surface area contributed by atoms with Crippen molar-refractivity contribution in [3.63, 3.8) is 0 Å². The Hall–Kier alpha value is -2.36. The summed E-state index contributed by atoms with van der Waals surface area (Å²) in [5, 5.41) is 10.8. The van der Waals surface area contributed by atoms with Crippen LogP contribution in [-0.4, -0.2) is 4.92 Å². The summed E-state index contributed by atoms with van der Waals surface area (Å²) in [5.41, 5.74) is 1.71. The van der Waals surface area contributed by atoms with Crippen LogP contribution in [0.4, 0.5) is 0 Å². The van der Waals surface area contributed by atoms with Crippen molar-refractivity contribution in [1.29, 1.82) is 0 Å². The highest BCUT2D eigenvalue weighted by atomic mass is 16.6. The summed E-state index contributed by atoms with van der Waals surface area (Å²) in [6, 6.07) is 16.1. The molecule has 0 aliphatic heterocycles. The predicted octanol–water partition coefficient (Wildman–Crippen LogP) is 3.60. The lowest BCUT2D eigenvalue weighted by Gasteiger charge is -2.09. The van der Waals surface area contributed by atoms with Crippen molar-refractivity contribution in [2.24, 2.45) is 0 Å². The minimum atomic E-state index is -0.722. The minimum Gasteiger partial charge on any atom is -0.489 e. The Kier molecular flexibility index (Phi) is 4.13. The molecule has 1 unspecified atom stereocenters. The molecule has 2 rings (SSSR count). The van der Waals surface area contributed by atoms with E-state index in [-0.39, 0.29) is 4.92 Å². The summed E-state index contributed by atoms with van der Waals surface area (Å²) in [4.78, 5) is 10.4. The van der Waals surface area contributed by atoms with E-state index in [9.17, 15) is 10.1 Å². The van der Waals surface area contributed by atoms with Gasteiger partial charge in [0.05, 0.1) is 0 Å². The van der Waals surface area contributed by atoms with Gasteiger partial charge in [0, 0.05) is 17.4 Å². The number of nitrogens with zero attached hydrogens (tertiary/aromatic N) is 1. The van der Waals surface area contributed by atoms with E-state index in [1.165, 1.54) is 0 Å². The first-order chi connectivity index (χ1) is 9.16. The van der Waals surface area contributed by atoms with Crippen molar-refractivity contribution in [2.75, 3.05) is 0 Å². The van der Waals surface area contributed by atoms with Gasteiger partial charge in [0.1, 0.15) is 12.4 Å². The summed E-state index contributed by atoms with van der Waals surface area (Å²) in [6.45, 7) is 2.02. The molecule has 2 aromatic carbocycles. The van der Waals surface area contributed by atoms with Crippen molar-refractivity contribution < 1.29 is 9.66 Å². The molecule has 0 saturated carbocycles. The Morgan fingerprint density at radius 2 is 1.89 bits per heavy atom. The quantitative estimate of drug-likeness (QED) is 0.607. The summed E-state index contributed by atoms with van der Waals surface area (Å²) in [7, 11) is 0. The molecule has 2 aromatic rings. The second kappa shape index (κ2) is 6.00. The van der Waals surface area contributed by atoms with Crippen LogP contribution in [0.2, 0.25) is 0 Å². The molecule has 0 fully saturated rings. The molecule has 0 N–H and O–H groups in total. The fourth-order valence-electron chi connectivity index (χ4n) is 1.73. The van der Waals surface area contributed by atoms with Gasteiger partial charge in [0.25, 0.3) is 0 Å². The first-order valence-corrected chi connectivity index (χ1v) is 6.07. The predicted molar refractivity (Wildman–Crippen MR) is 72.6 cm³/mol. The molecule has 0 saturated heterocycles. The van der Waals surface area contributed by atoms with Crippen molar-refractivity contribution in [2.45, 2.75) is 19.6 Å². The molecule has 4 heteroatoms. The highest BCUT2D eigenvalue weighted by Gasteiger charge is 2.16. The Morgan fingerprint density at radius 1 is 1.16 bits per heavy atom. The Labute approximate surface area is 111 Å². The molecule has 0 aliphatic carbocycles. The molecule has 0 aromatic heterocycles. The monoisotopic (exact) mass is 257 g/mol. The third-order valence-corrected chi connectivity index (χ3v) is 2.91. The second-order valence-corrected chi connectivity index (χ2v) is 4.31. The maximum atomic E-state index is 10.8. The average molecular weight is 257 g/mol. The molecule has 19 heavy (non-hydrogen) atoms. The smallest absolute Gasteiger partial charge is 0.235 e. The van der Waals surface area contributed by atoms with Crippen LogP contribution in [-0.2, 0) is 6.61 Å². The SMILES string of the molecule is CC(c1cccc(OCc2ccccc2)c1)[N+](=O)[O-]. The molecular weight excluding hydrogens is 242 g/mol. The van der Waals surface area contributed by atoms with Crippen LogP contribution >= 0.6 is 0 Å². The van der Waals surface area contributed by atoms with Crippen LogP contribution in [0.5, 0.6) is 5.75 Å². The fourth-order valence-corrected chi connectivity index (χ4v) is 1.73. The van der Waals surface area contributed by atoms with Crippen LogP contribution in [0, 0.1) is 10.1 Å². The van der Waals surface area contributed by atoms with Crippen molar-refractivity contribution in [3.8, 4) is 5.75 Å². The molecule has 0 heterocycles. The highest BCUT2D eigenvalue weighted by Crippen LogP contribution is 2.21. The lowest BCUT2D eigenvalue weighted by atomic mass is 10.1. The van der Waals surface area contributed by atoms with Crippen LogP contribution in [0.1, 0.15) is 24.1 Å². The molecule has 0 spiro atoms. The van der Waals surface area contributed by atoms with Crippen LogP contribution in [0.25, 0.3) is 0 Å². The van der Waals surface area contributed by atoms with Gasteiger partial charge in [0.15, 0.2) is 0 Å². The topological polar surface area (TPSA) is 52.4 Å². The molecule has 0 amide bonds. The normalized spacial score (nSPS) is 11.8. The number of benzene rings is 2. The molecular formula is C15H15NO3. The van der Waals surface area contributed by atoms with Gasteiger partial charge in [0.2, 0.25) is 6.04 Å². The first-order valence-electron chi connectivity index (χ1n) is 6.07. The molecule has 0 bridgehead atoms. The molecule has 4 nitrogen and oxygen atoms in total. The zero-order valence-corrected chi connectivity index (χ0v) is 10.7. The Bertz CT molecular complexity index is 554. The van der Waals surface area contributed by atoms with E-state index < -0.39 is 6.04 Å². The largest absolute Gasteiger partial charge is 0.489 e. The zero-order valence-electron chi connectivity index (χ0n) is 10.7. The number of nitro groups is 1. The van der Waals surface area contributed by atoms with E-state index in [1.807, 2.05) is 30.3 Å². The average Bonchev–Trinajstić information content (AvgIpc) is 2.45. The fraction of sp³-hybridized carbons (Fsp3) is 0.200. The standard InChI is InChI=1S/C15H15NO3/c1-12(16(17)18)14-8-5-9-15(10-14)19-11-13-6-3-2-4-7-13/h2-10,12H,11H2,1H3. The van der Waals surface area contributed by atoms with Gasteiger partial charge in [-0.1, -0.05) is 42.5 Å². The maximum absolute atomic E-state index is 10.8. The van der Waals surface area contributed by atoms with Crippen molar-refractivity contribution in [3.05, 3.63) is 75.8 Å². The van der Waals surface area contributed by atoms with Gasteiger partial charge < -0.3 is 4.74 Å². The van der Waals surface area contributed by atoms with E-state index >= 15 is 0 Å². The lowest BCUT2D eigenvalue weighted by molar-refractivity contribution is -0.524. The van der Waals surface area contributed by atoms with Gasteiger partial charge in [-0.2, -0.15) is 0 Å². The van der Waals surface area contributed by atoms with E-state index in [1.54, 1.807) is 31.2 Å². The number of hydrogen-bond donors (Lipinski definition) is 0. The van der Waals surface area contributed by atoms with Crippen LogP contribution in [0.15, 0.2) is 54.6 Å². The first kappa shape index (κ1) is 13.1. The zero-order chi connectivity index (χ0) is 13.7. The van der Waals surface area contributed by atoms with Gasteiger partial charge in [-0.25, -0.2) is 0 Å². The van der Waals surface area contributed by atoms with E-state index in [4.69, 9.17) is 4.74 Å². The maximum Gasteiger partial charge on any atom is 0.235 e. The van der Waals surface area contributed by atoms with E-state index in [2.05, 4.69) is 0 Å².